The zero-order valence-corrected chi connectivity index (χ0v) is 11.9. The second kappa shape index (κ2) is 5.85. The molecule has 1 N–H and O–H groups in total. The fraction of sp³-hybridized carbons (Fsp3) is 0.0625. The third-order valence-electron chi connectivity index (χ3n) is 2.94. The lowest BCUT2D eigenvalue weighted by molar-refractivity contribution is -0.136. The molecule has 3 aromatic rings. The van der Waals surface area contributed by atoms with Crippen LogP contribution in [-0.2, 0) is 11.2 Å². The van der Waals surface area contributed by atoms with Gasteiger partial charge in [-0.05, 0) is 12.1 Å². The fourth-order valence-corrected chi connectivity index (χ4v) is 3.08. The van der Waals surface area contributed by atoms with Crippen LogP contribution in [0.25, 0.3) is 22.0 Å². The van der Waals surface area contributed by atoms with Crippen LogP contribution >= 0.6 is 11.3 Å². The van der Waals surface area contributed by atoms with E-state index >= 15 is 0 Å². The molecule has 0 aliphatic rings. The number of hydrogen-bond acceptors (Lipinski definition) is 4. The van der Waals surface area contributed by atoms with E-state index in [4.69, 9.17) is 5.11 Å². The Morgan fingerprint density at radius 3 is 2.52 bits per heavy atom. The Kier molecular flexibility index (Phi) is 3.75. The van der Waals surface area contributed by atoms with Gasteiger partial charge in [0.05, 0.1) is 12.1 Å². The van der Waals surface area contributed by atoms with Gasteiger partial charge in [0, 0.05) is 16.6 Å². The van der Waals surface area contributed by atoms with Crippen molar-refractivity contribution in [3.05, 3.63) is 59.6 Å². The summed E-state index contributed by atoms with van der Waals surface area (Å²) in [5, 5.41) is 9.89. The molecule has 0 spiro atoms. The third kappa shape index (κ3) is 2.98. The first-order chi connectivity index (χ1) is 10.2. The Morgan fingerprint density at radius 2 is 1.86 bits per heavy atom. The van der Waals surface area contributed by atoms with E-state index in [1.54, 1.807) is 6.20 Å². The topological polar surface area (TPSA) is 63.1 Å². The molecule has 3 rings (SSSR count). The number of nitrogens with zero attached hydrogens (tertiary/aromatic N) is 2. The van der Waals surface area contributed by atoms with Crippen LogP contribution in [0.3, 0.4) is 0 Å². The second-order valence-electron chi connectivity index (χ2n) is 4.44. The summed E-state index contributed by atoms with van der Waals surface area (Å²) in [6, 6.07) is 15.3. The zero-order valence-electron chi connectivity index (χ0n) is 11.1. The predicted molar refractivity (Wildman–Crippen MR) is 82.1 cm³/mol. The van der Waals surface area contributed by atoms with E-state index in [1.807, 2.05) is 48.5 Å². The molecule has 0 saturated carbocycles. The third-order valence-corrected chi connectivity index (χ3v) is 4.04. The number of rotatable bonds is 4. The van der Waals surface area contributed by atoms with Gasteiger partial charge in [0.2, 0.25) is 0 Å². The van der Waals surface area contributed by atoms with E-state index in [9.17, 15) is 4.79 Å². The highest BCUT2D eigenvalue weighted by atomic mass is 32.1. The number of carboxylic acids is 1. The molecular weight excluding hydrogens is 284 g/mol. The highest BCUT2D eigenvalue weighted by Gasteiger charge is 2.17. The monoisotopic (exact) mass is 296 g/mol. The summed E-state index contributed by atoms with van der Waals surface area (Å²) in [5.74, 6) is -0.865. The van der Waals surface area contributed by atoms with Gasteiger partial charge in [0.15, 0.2) is 0 Å². The molecule has 104 valence electrons. The van der Waals surface area contributed by atoms with Crippen molar-refractivity contribution >= 4 is 17.3 Å². The summed E-state index contributed by atoms with van der Waals surface area (Å²) in [6.45, 7) is 0. The lowest BCUT2D eigenvalue weighted by Gasteiger charge is -1.98. The first kappa shape index (κ1) is 13.5. The summed E-state index contributed by atoms with van der Waals surface area (Å²) in [6.07, 6.45) is 1.64. The smallest absolute Gasteiger partial charge is 0.308 e. The standard InChI is InChI=1S/C16H12N2O2S/c19-14(20)10-13-15(12-8-4-5-9-17-12)18-16(21-13)11-6-2-1-3-7-11/h1-9H,10H2,(H,19,20). The lowest BCUT2D eigenvalue weighted by Crippen LogP contribution is -1.99. The van der Waals surface area contributed by atoms with Crippen LogP contribution in [0.5, 0.6) is 0 Å². The van der Waals surface area contributed by atoms with Crippen molar-refractivity contribution in [3.63, 3.8) is 0 Å². The normalized spacial score (nSPS) is 10.5. The molecule has 0 saturated heterocycles. The van der Waals surface area contributed by atoms with Crippen LogP contribution < -0.4 is 0 Å². The van der Waals surface area contributed by atoms with Crippen molar-refractivity contribution in [1.29, 1.82) is 0 Å². The first-order valence-corrected chi connectivity index (χ1v) is 7.24. The number of carboxylic acid groups (broad SMARTS) is 1. The molecule has 21 heavy (non-hydrogen) atoms. The molecular formula is C16H12N2O2S. The molecule has 0 amide bonds. The number of hydrogen-bond donors (Lipinski definition) is 1. The van der Waals surface area contributed by atoms with Gasteiger partial charge in [0.25, 0.3) is 0 Å². The number of aromatic nitrogens is 2. The van der Waals surface area contributed by atoms with Crippen molar-refractivity contribution < 1.29 is 9.90 Å². The van der Waals surface area contributed by atoms with Crippen molar-refractivity contribution in [2.45, 2.75) is 6.42 Å². The molecule has 0 unspecified atom stereocenters. The Morgan fingerprint density at radius 1 is 1.10 bits per heavy atom. The van der Waals surface area contributed by atoms with E-state index < -0.39 is 5.97 Å². The minimum absolute atomic E-state index is 0.0452. The summed E-state index contributed by atoms with van der Waals surface area (Å²) in [5.41, 5.74) is 2.34. The van der Waals surface area contributed by atoms with E-state index in [1.165, 1.54) is 11.3 Å². The maximum absolute atomic E-state index is 11.1. The molecule has 0 atom stereocenters. The summed E-state index contributed by atoms with van der Waals surface area (Å²) in [7, 11) is 0. The molecule has 0 aliphatic carbocycles. The van der Waals surface area contributed by atoms with E-state index in [-0.39, 0.29) is 6.42 Å². The van der Waals surface area contributed by atoms with Crippen LogP contribution in [0.4, 0.5) is 0 Å². The van der Waals surface area contributed by atoms with E-state index in [2.05, 4.69) is 9.97 Å². The van der Waals surface area contributed by atoms with Gasteiger partial charge in [-0.1, -0.05) is 36.4 Å². The summed E-state index contributed by atoms with van der Waals surface area (Å²) < 4.78 is 0. The molecule has 5 heteroatoms. The van der Waals surface area contributed by atoms with Gasteiger partial charge in [-0.3, -0.25) is 9.78 Å². The van der Waals surface area contributed by atoms with Gasteiger partial charge in [-0.25, -0.2) is 4.98 Å². The number of pyridine rings is 1. The Labute approximate surface area is 125 Å². The van der Waals surface area contributed by atoms with Crippen LogP contribution in [-0.4, -0.2) is 21.0 Å². The summed E-state index contributed by atoms with van der Waals surface area (Å²) in [4.78, 5) is 20.7. The number of benzene rings is 1. The number of thiazole rings is 1. The van der Waals surface area contributed by atoms with Gasteiger partial charge in [-0.15, -0.1) is 11.3 Å². The van der Waals surface area contributed by atoms with E-state index in [0.717, 1.165) is 15.4 Å². The number of aliphatic carboxylic acids is 1. The zero-order chi connectivity index (χ0) is 14.7. The Balaban J connectivity index is 2.10. The molecule has 0 fully saturated rings. The minimum atomic E-state index is -0.865. The van der Waals surface area contributed by atoms with Crippen LogP contribution in [0.1, 0.15) is 4.88 Å². The Hall–Kier alpha value is -2.53. The van der Waals surface area contributed by atoms with Crippen molar-refractivity contribution in [1.82, 2.24) is 9.97 Å². The van der Waals surface area contributed by atoms with Crippen molar-refractivity contribution in [3.8, 4) is 22.0 Å². The SMILES string of the molecule is O=C(O)Cc1sc(-c2ccccc2)nc1-c1ccccn1. The Bertz CT molecular complexity index is 754. The maximum Gasteiger partial charge on any atom is 0.308 e. The fourth-order valence-electron chi connectivity index (χ4n) is 2.02. The molecule has 1 aromatic carbocycles. The van der Waals surface area contributed by atoms with Crippen molar-refractivity contribution in [2.75, 3.05) is 0 Å². The lowest BCUT2D eigenvalue weighted by atomic mass is 10.2. The highest BCUT2D eigenvalue weighted by Crippen LogP contribution is 2.33. The van der Waals surface area contributed by atoms with Crippen molar-refractivity contribution in [2.24, 2.45) is 0 Å². The number of carbonyl (C=O) groups is 1. The van der Waals surface area contributed by atoms with Crippen LogP contribution in [0.15, 0.2) is 54.7 Å². The molecule has 2 aromatic heterocycles. The van der Waals surface area contributed by atoms with Gasteiger partial charge in [0.1, 0.15) is 10.7 Å². The largest absolute Gasteiger partial charge is 0.481 e. The highest BCUT2D eigenvalue weighted by molar-refractivity contribution is 7.15. The molecule has 0 radical (unpaired) electrons. The van der Waals surface area contributed by atoms with Gasteiger partial charge in [-0.2, -0.15) is 0 Å². The first-order valence-electron chi connectivity index (χ1n) is 6.42. The molecule has 0 aliphatic heterocycles. The van der Waals surface area contributed by atoms with Gasteiger partial charge >= 0.3 is 5.97 Å². The average Bonchev–Trinajstić information content (AvgIpc) is 2.92. The van der Waals surface area contributed by atoms with Crippen LogP contribution in [0.2, 0.25) is 0 Å². The second-order valence-corrected chi connectivity index (χ2v) is 5.53. The predicted octanol–water partition coefficient (Wildman–Crippen LogP) is 3.50. The molecule has 4 nitrogen and oxygen atoms in total. The molecule has 2 heterocycles. The summed E-state index contributed by atoms with van der Waals surface area (Å²) >= 11 is 1.40. The van der Waals surface area contributed by atoms with Gasteiger partial charge < -0.3 is 5.11 Å². The van der Waals surface area contributed by atoms with E-state index in [0.29, 0.717) is 11.4 Å². The van der Waals surface area contributed by atoms with Crippen LogP contribution in [0, 0.1) is 0 Å². The minimum Gasteiger partial charge on any atom is -0.481 e. The quantitative estimate of drug-likeness (QED) is 0.800. The molecule has 0 bridgehead atoms. The maximum atomic E-state index is 11.1. The average molecular weight is 296 g/mol.